The number of ether oxygens (including phenoxy) is 1. The first-order valence-corrected chi connectivity index (χ1v) is 11.3. The van der Waals surface area contributed by atoms with Gasteiger partial charge in [0, 0.05) is 56.3 Å². The van der Waals surface area contributed by atoms with Gasteiger partial charge in [0.1, 0.15) is 5.75 Å². The summed E-state index contributed by atoms with van der Waals surface area (Å²) in [6.45, 7) is 6.82. The molecule has 0 radical (unpaired) electrons. The average molecular weight is 414 g/mol. The van der Waals surface area contributed by atoms with Gasteiger partial charge in [-0.2, -0.15) is 0 Å². The summed E-state index contributed by atoms with van der Waals surface area (Å²) in [5, 5.41) is 4.31. The Morgan fingerprint density at radius 3 is 2.71 bits per heavy atom. The second-order valence-electron chi connectivity index (χ2n) is 7.20. The van der Waals surface area contributed by atoms with E-state index in [0.717, 1.165) is 68.9 Å². The summed E-state index contributed by atoms with van der Waals surface area (Å²) < 4.78 is 5.61. The van der Waals surface area contributed by atoms with Gasteiger partial charge >= 0.3 is 0 Å². The zero-order chi connectivity index (χ0) is 19.2. The number of fused-ring (bicyclic) bond motifs is 1. The minimum Gasteiger partial charge on any atom is -0.493 e. The molecule has 0 amide bonds. The number of nitrogens with zero attached hydrogens (tertiary/aromatic N) is 2. The lowest BCUT2D eigenvalue weighted by Crippen LogP contribution is -2.51. The van der Waals surface area contributed by atoms with Crippen LogP contribution < -0.4 is 10.1 Å². The standard InChI is InChI=1S/C22H27N3OS2/c27-22(23-9-15-28-20-4-2-1-3-5-20)25-12-10-24(11-13-25)17-18-6-7-21-19(16-18)8-14-26-21/h1-7,16H,8-15,17H2,(H,23,27). The van der Waals surface area contributed by atoms with E-state index in [2.05, 4.69) is 63.6 Å². The van der Waals surface area contributed by atoms with Crippen molar-refractivity contribution in [2.24, 2.45) is 0 Å². The van der Waals surface area contributed by atoms with Gasteiger partial charge in [0.25, 0.3) is 0 Å². The summed E-state index contributed by atoms with van der Waals surface area (Å²) in [6, 6.07) is 17.1. The van der Waals surface area contributed by atoms with Crippen LogP contribution >= 0.6 is 24.0 Å². The summed E-state index contributed by atoms with van der Waals surface area (Å²) >= 11 is 7.46. The number of piperazine rings is 1. The molecule has 2 aromatic rings. The largest absolute Gasteiger partial charge is 0.493 e. The molecule has 1 saturated heterocycles. The normalized spacial score (nSPS) is 16.5. The molecule has 6 heteroatoms. The molecule has 148 valence electrons. The minimum absolute atomic E-state index is 0.825. The van der Waals surface area contributed by atoms with Crippen LogP contribution in [0.15, 0.2) is 53.4 Å². The van der Waals surface area contributed by atoms with E-state index in [1.54, 1.807) is 0 Å². The molecule has 0 unspecified atom stereocenters. The van der Waals surface area contributed by atoms with E-state index in [4.69, 9.17) is 17.0 Å². The van der Waals surface area contributed by atoms with E-state index in [1.807, 2.05) is 11.8 Å². The van der Waals surface area contributed by atoms with Crippen molar-refractivity contribution in [3.05, 3.63) is 59.7 Å². The number of thiocarbonyl (C=S) groups is 1. The quantitative estimate of drug-likeness (QED) is 0.443. The molecule has 0 saturated carbocycles. The fraction of sp³-hybridized carbons (Fsp3) is 0.409. The highest BCUT2D eigenvalue weighted by molar-refractivity contribution is 7.99. The third-order valence-electron chi connectivity index (χ3n) is 5.21. The van der Waals surface area contributed by atoms with Crippen LogP contribution in [0.4, 0.5) is 0 Å². The van der Waals surface area contributed by atoms with Crippen molar-refractivity contribution < 1.29 is 4.74 Å². The number of thioether (sulfide) groups is 1. The van der Waals surface area contributed by atoms with Crippen molar-refractivity contribution in [2.45, 2.75) is 17.9 Å². The molecule has 28 heavy (non-hydrogen) atoms. The van der Waals surface area contributed by atoms with Crippen LogP contribution in [0.3, 0.4) is 0 Å². The first-order chi connectivity index (χ1) is 13.8. The Balaban J connectivity index is 1.16. The lowest BCUT2D eigenvalue weighted by molar-refractivity contribution is 0.174. The monoisotopic (exact) mass is 413 g/mol. The Bertz CT molecular complexity index is 792. The topological polar surface area (TPSA) is 27.7 Å². The van der Waals surface area contributed by atoms with Gasteiger partial charge in [-0.1, -0.05) is 30.3 Å². The van der Waals surface area contributed by atoms with Crippen molar-refractivity contribution in [1.29, 1.82) is 0 Å². The molecule has 2 aliphatic heterocycles. The Hall–Kier alpha value is -1.76. The van der Waals surface area contributed by atoms with Crippen LogP contribution in [0.2, 0.25) is 0 Å². The van der Waals surface area contributed by atoms with E-state index >= 15 is 0 Å². The van der Waals surface area contributed by atoms with Gasteiger partial charge in [-0.25, -0.2) is 0 Å². The average Bonchev–Trinajstić information content (AvgIpc) is 3.20. The molecule has 0 aromatic heterocycles. The molecule has 1 N–H and O–H groups in total. The predicted molar refractivity (Wildman–Crippen MR) is 120 cm³/mol. The van der Waals surface area contributed by atoms with Crippen LogP contribution in [-0.4, -0.2) is 60.0 Å². The van der Waals surface area contributed by atoms with Crippen molar-refractivity contribution >= 4 is 29.1 Å². The van der Waals surface area contributed by atoms with Crippen LogP contribution in [0.5, 0.6) is 5.75 Å². The fourth-order valence-corrected chi connectivity index (χ4v) is 4.73. The Kier molecular flexibility index (Phi) is 6.73. The Labute approximate surface area is 177 Å². The molecule has 2 aromatic carbocycles. The van der Waals surface area contributed by atoms with Crippen LogP contribution in [0.25, 0.3) is 0 Å². The van der Waals surface area contributed by atoms with Crippen molar-refractivity contribution in [3.63, 3.8) is 0 Å². The minimum atomic E-state index is 0.825. The third kappa shape index (κ3) is 5.19. The highest BCUT2D eigenvalue weighted by atomic mass is 32.2. The van der Waals surface area contributed by atoms with E-state index < -0.39 is 0 Å². The molecule has 4 nitrogen and oxygen atoms in total. The van der Waals surface area contributed by atoms with E-state index in [-0.39, 0.29) is 0 Å². The zero-order valence-corrected chi connectivity index (χ0v) is 17.7. The van der Waals surface area contributed by atoms with Crippen molar-refractivity contribution in [2.75, 3.05) is 45.1 Å². The number of hydrogen-bond acceptors (Lipinski definition) is 4. The summed E-state index contributed by atoms with van der Waals surface area (Å²) in [7, 11) is 0. The molecule has 2 heterocycles. The highest BCUT2D eigenvalue weighted by Gasteiger charge is 2.19. The molecule has 0 bridgehead atoms. The highest BCUT2D eigenvalue weighted by Crippen LogP contribution is 2.26. The fourth-order valence-electron chi connectivity index (χ4n) is 3.66. The summed E-state index contributed by atoms with van der Waals surface area (Å²) in [6.07, 6.45) is 1.04. The van der Waals surface area contributed by atoms with Gasteiger partial charge in [-0.3, -0.25) is 4.90 Å². The molecule has 1 fully saturated rings. The maximum atomic E-state index is 5.61. The smallest absolute Gasteiger partial charge is 0.169 e. The van der Waals surface area contributed by atoms with Crippen LogP contribution in [0, 0.1) is 0 Å². The first kappa shape index (κ1) is 19.6. The molecule has 0 aliphatic carbocycles. The van der Waals surface area contributed by atoms with Gasteiger partial charge in [-0.15, -0.1) is 11.8 Å². The number of rotatable bonds is 6. The molecular formula is C22H27N3OS2. The summed E-state index contributed by atoms with van der Waals surface area (Å²) in [5.74, 6) is 2.09. The van der Waals surface area contributed by atoms with Gasteiger partial charge in [0.2, 0.25) is 0 Å². The molecule has 2 aliphatic rings. The molecule has 0 atom stereocenters. The van der Waals surface area contributed by atoms with Crippen LogP contribution in [-0.2, 0) is 13.0 Å². The number of hydrogen-bond donors (Lipinski definition) is 1. The van der Waals surface area contributed by atoms with Crippen molar-refractivity contribution in [1.82, 2.24) is 15.1 Å². The second-order valence-corrected chi connectivity index (χ2v) is 8.75. The van der Waals surface area contributed by atoms with Gasteiger partial charge in [-0.05, 0) is 41.5 Å². The number of benzene rings is 2. The summed E-state index contributed by atoms with van der Waals surface area (Å²) in [4.78, 5) is 6.12. The number of nitrogens with one attached hydrogen (secondary N) is 1. The SMILES string of the molecule is S=C(NCCSc1ccccc1)N1CCN(Cc2ccc3c(c2)CCO3)CC1. The van der Waals surface area contributed by atoms with Gasteiger partial charge in [0.05, 0.1) is 6.61 Å². The van der Waals surface area contributed by atoms with Crippen molar-refractivity contribution in [3.8, 4) is 5.75 Å². The van der Waals surface area contributed by atoms with E-state index in [1.165, 1.54) is 16.0 Å². The first-order valence-electron chi connectivity index (χ1n) is 9.95. The van der Waals surface area contributed by atoms with Gasteiger partial charge in [0.15, 0.2) is 5.11 Å². The maximum absolute atomic E-state index is 5.61. The third-order valence-corrected chi connectivity index (χ3v) is 6.63. The van der Waals surface area contributed by atoms with Gasteiger partial charge < -0.3 is 15.0 Å². The molecular weight excluding hydrogens is 386 g/mol. The van der Waals surface area contributed by atoms with Crippen LogP contribution in [0.1, 0.15) is 11.1 Å². The Morgan fingerprint density at radius 2 is 1.89 bits per heavy atom. The lowest BCUT2D eigenvalue weighted by Gasteiger charge is -2.36. The zero-order valence-electron chi connectivity index (χ0n) is 16.1. The van der Waals surface area contributed by atoms with E-state index in [9.17, 15) is 0 Å². The van der Waals surface area contributed by atoms with E-state index in [0.29, 0.717) is 0 Å². The lowest BCUT2D eigenvalue weighted by atomic mass is 10.1. The molecule has 0 spiro atoms. The summed E-state index contributed by atoms with van der Waals surface area (Å²) in [5.41, 5.74) is 2.74. The second kappa shape index (κ2) is 9.63. The maximum Gasteiger partial charge on any atom is 0.169 e. The Morgan fingerprint density at radius 1 is 1.07 bits per heavy atom. The molecule has 4 rings (SSSR count). The predicted octanol–water partition coefficient (Wildman–Crippen LogP) is 3.41.